The summed E-state index contributed by atoms with van der Waals surface area (Å²) >= 11 is 0. The van der Waals surface area contributed by atoms with Crippen molar-refractivity contribution in [1.82, 2.24) is 9.80 Å². The molecule has 1 aliphatic rings. The normalized spacial score (nSPS) is 19.0. The maximum absolute atomic E-state index is 12.4. The molecule has 3 heteroatoms. The molecule has 0 aliphatic carbocycles. The molecule has 1 aliphatic heterocycles. The van der Waals surface area contributed by atoms with Crippen molar-refractivity contribution in [2.24, 2.45) is 23.7 Å². The maximum Gasteiger partial charge on any atom is 0.222 e. The predicted molar refractivity (Wildman–Crippen MR) is 123 cm³/mol. The first-order chi connectivity index (χ1) is 13.3. The molecule has 0 spiro atoms. The third-order valence-electron chi connectivity index (χ3n) is 6.65. The van der Waals surface area contributed by atoms with E-state index < -0.39 is 0 Å². The van der Waals surface area contributed by atoms with Crippen molar-refractivity contribution < 1.29 is 4.79 Å². The van der Waals surface area contributed by atoms with Crippen LogP contribution in [-0.4, -0.2) is 48.9 Å². The average Bonchev–Trinajstić information content (AvgIpc) is 2.61. The number of rotatable bonds is 14. The van der Waals surface area contributed by atoms with Crippen LogP contribution in [0.1, 0.15) is 98.8 Å². The highest BCUT2D eigenvalue weighted by Gasteiger charge is 2.20. The lowest BCUT2D eigenvalue weighted by Gasteiger charge is -2.33. The Hall–Kier alpha value is -0.570. The van der Waals surface area contributed by atoms with E-state index in [-0.39, 0.29) is 0 Å². The van der Waals surface area contributed by atoms with Crippen molar-refractivity contribution in [2.75, 3.05) is 33.2 Å². The van der Waals surface area contributed by atoms with E-state index in [0.717, 1.165) is 50.4 Å². The van der Waals surface area contributed by atoms with Gasteiger partial charge in [0.05, 0.1) is 0 Å². The standard InChI is InChI=1S/C25H50N2O/c1-21(2)10-7-11-22(3)12-8-13-23(4)14-9-15-24(5)20-25(28)27-18-16-26(6)17-19-27/h21-24H,7-20H2,1-6H3. The van der Waals surface area contributed by atoms with Crippen LogP contribution in [0.25, 0.3) is 0 Å². The van der Waals surface area contributed by atoms with E-state index in [1.54, 1.807) is 0 Å². The molecule has 0 aromatic heterocycles. The van der Waals surface area contributed by atoms with Gasteiger partial charge in [-0.3, -0.25) is 4.79 Å². The molecule has 0 radical (unpaired) electrons. The van der Waals surface area contributed by atoms with Gasteiger partial charge < -0.3 is 9.80 Å². The third kappa shape index (κ3) is 12.1. The van der Waals surface area contributed by atoms with Crippen molar-refractivity contribution in [3.63, 3.8) is 0 Å². The minimum absolute atomic E-state index is 0.375. The molecule has 0 N–H and O–H groups in total. The monoisotopic (exact) mass is 394 g/mol. The highest BCUT2D eigenvalue weighted by molar-refractivity contribution is 5.76. The summed E-state index contributed by atoms with van der Waals surface area (Å²) in [4.78, 5) is 16.8. The van der Waals surface area contributed by atoms with Gasteiger partial charge in [0, 0.05) is 32.6 Å². The number of hydrogen-bond acceptors (Lipinski definition) is 2. The van der Waals surface area contributed by atoms with E-state index in [1.807, 2.05) is 0 Å². The minimum atomic E-state index is 0.375. The first-order valence-electron chi connectivity index (χ1n) is 12.2. The van der Waals surface area contributed by atoms with Gasteiger partial charge in [0.15, 0.2) is 0 Å². The highest BCUT2D eigenvalue weighted by Crippen LogP contribution is 2.23. The Morgan fingerprint density at radius 1 is 0.679 bits per heavy atom. The summed E-state index contributed by atoms with van der Waals surface area (Å²) < 4.78 is 0. The predicted octanol–water partition coefficient (Wildman–Crippen LogP) is 6.23. The van der Waals surface area contributed by atoms with Crippen LogP contribution in [0.15, 0.2) is 0 Å². The topological polar surface area (TPSA) is 23.6 Å². The van der Waals surface area contributed by atoms with Gasteiger partial charge in [-0.05, 0) is 30.7 Å². The first kappa shape index (κ1) is 25.5. The SMILES string of the molecule is CC(C)CCCC(C)CCCC(C)CCCC(C)CC(=O)N1CCN(C)CC1. The molecule has 3 atom stereocenters. The largest absolute Gasteiger partial charge is 0.340 e. The Morgan fingerprint density at radius 2 is 1.11 bits per heavy atom. The van der Waals surface area contributed by atoms with Crippen LogP contribution in [0.2, 0.25) is 0 Å². The summed E-state index contributed by atoms with van der Waals surface area (Å²) in [5, 5.41) is 0. The molecule has 3 nitrogen and oxygen atoms in total. The van der Waals surface area contributed by atoms with Gasteiger partial charge in [-0.25, -0.2) is 0 Å². The second-order valence-corrected chi connectivity index (χ2v) is 10.4. The lowest BCUT2D eigenvalue weighted by molar-refractivity contribution is -0.133. The van der Waals surface area contributed by atoms with E-state index in [4.69, 9.17) is 0 Å². The van der Waals surface area contributed by atoms with Gasteiger partial charge in [0.2, 0.25) is 5.91 Å². The zero-order valence-electron chi connectivity index (χ0n) is 20.0. The summed E-state index contributed by atoms with van der Waals surface area (Å²) in [7, 11) is 2.14. The number of nitrogens with zero attached hydrogens (tertiary/aromatic N) is 2. The van der Waals surface area contributed by atoms with Crippen LogP contribution in [0, 0.1) is 23.7 Å². The van der Waals surface area contributed by atoms with E-state index in [2.05, 4.69) is 51.5 Å². The van der Waals surface area contributed by atoms with Crippen molar-refractivity contribution in [3.8, 4) is 0 Å². The molecule has 0 aromatic rings. The van der Waals surface area contributed by atoms with Crippen LogP contribution in [0.5, 0.6) is 0 Å². The molecule has 1 fully saturated rings. The molecule has 0 saturated carbocycles. The zero-order chi connectivity index (χ0) is 20.9. The number of carbonyl (C=O) groups excluding carboxylic acids is 1. The quantitative estimate of drug-likeness (QED) is 0.349. The van der Waals surface area contributed by atoms with Crippen LogP contribution < -0.4 is 0 Å². The Kier molecular flexibility index (Phi) is 13.1. The lowest BCUT2D eigenvalue weighted by Crippen LogP contribution is -2.47. The van der Waals surface area contributed by atoms with Crippen LogP contribution >= 0.6 is 0 Å². The molecule has 1 amide bonds. The summed E-state index contributed by atoms with van der Waals surface area (Å²) in [5.74, 6) is 3.49. The van der Waals surface area contributed by atoms with E-state index >= 15 is 0 Å². The molecule has 1 heterocycles. The van der Waals surface area contributed by atoms with Gasteiger partial charge in [0.1, 0.15) is 0 Å². The highest BCUT2D eigenvalue weighted by atomic mass is 16.2. The van der Waals surface area contributed by atoms with Crippen molar-refractivity contribution in [2.45, 2.75) is 98.8 Å². The van der Waals surface area contributed by atoms with E-state index in [0.29, 0.717) is 11.8 Å². The number of likely N-dealkylation sites (N-methyl/N-ethyl adjacent to an activating group) is 1. The molecule has 166 valence electrons. The van der Waals surface area contributed by atoms with Crippen molar-refractivity contribution in [3.05, 3.63) is 0 Å². The summed E-state index contributed by atoms with van der Waals surface area (Å²) in [6.45, 7) is 15.6. The minimum Gasteiger partial charge on any atom is -0.340 e. The van der Waals surface area contributed by atoms with Crippen LogP contribution in [0.3, 0.4) is 0 Å². The Balaban J connectivity index is 2.04. The number of hydrogen-bond donors (Lipinski definition) is 0. The van der Waals surface area contributed by atoms with Crippen LogP contribution in [-0.2, 0) is 4.79 Å². The summed E-state index contributed by atoms with van der Waals surface area (Å²) in [6.07, 6.45) is 12.9. The molecule has 3 unspecified atom stereocenters. The number of amides is 1. The molecule has 0 bridgehead atoms. The molecule has 0 aromatic carbocycles. The molecular formula is C25H50N2O. The smallest absolute Gasteiger partial charge is 0.222 e. The van der Waals surface area contributed by atoms with Gasteiger partial charge in [0.25, 0.3) is 0 Å². The fourth-order valence-corrected chi connectivity index (χ4v) is 4.38. The molecule has 1 rings (SSSR count). The Bertz CT molecular complexity index is 401. The molecular weight excluding hydrogens is 344 g/mol. The maximum atomic E-state index is 12.4. The van der Waals surface area contributed by atoms with Crippen LogP contribution in [0.4, 0.5) is 0 Å². The second-order valence-electron chi connectivity index (χ2n) is 10.4. The lowest BCUT2D eigenvalue weighted by atomic mass is 9.90. The van der Waals surface area contributed by atoms with Gasteiger partial charge in [-0.1, -0.05) is 92.4 Å². The van der Waals surface area contributed by atoms with E-state index in [1.165, 1.54) is 57.8 Å². The Morgan fingerprint density at radius 3 is 1.57 bits per heavy atom. The second kappa shape index (κ2) is 14.4. The third-order valence-corrected chi connectivity index (χ3v) is 6.65. The van der Waals surface area contributed by atoms with Gasteiger partial charge in [-0.15, -0.1) is 0 Å². The first-order valence-corrected chi connectivity index (χ1v) is 12.2. The molecule has 1 saturated heterocycles. The molecule has 28 heavy (non-hydrogen) atoms. The van der Waals surface area contributed by atoms with E-state index in [9.17, 15) is 4.79 Å². The van der Waals surface area contributed by atoms with Gasteiger partial charge >= 0.3 is 0 Å². The van der Waals surface area contributed by atoms with Crippen molar-refractivity contribution in [1.29, 1.82) is 0 Å². The summed E-state index contributed by atoms with van der Waals surface area (Å²) in [6, 6.07) is 0. The number of piperazine rings is 1. The summed E-state index contributed by atoms with van der Waals surface area (Å²) in [5.41, 5.74) is 0. The fraction of sp³-hybridized carbons (Fsp3) is 0.960. The number of carbonyl (C=O) groups is 1. The van der Waals surface area contributed by atoms with Gasteiger partial charge in [-0.2, -0.15) is 0 Å². The zero-order valence-corrected chi connectivity index (χ0v) is 20.0. The fourth-order valence-electron chi connectivity index (χ4n) is 4.38. The average molecular weight is 395 g/mol. The van der Waals surface area contributed by atoms with Crippen molar-refractivity contribution >= 4 is 5.91 Å². The Labute approximate surface area is 176 Å².